The second-order valence-corrected chi connectivity index (χ2v) is 4.83. The lowest BCUT2D eigenvalue weighted by molar-refractivity contribution is -0.148. The van der Waals surface area contributed by atoms with Crippen LogP contribution in [0.3, 0.4) is 0 Å². The van der Waals surface area contributed by atoms with E-state index in [1.807, 2.05) is 11.9 Å². The molecule has 0 amide bonds. The van der Waals surface area contributed by atoms with Gasteiger partial charge in [0.25, 0.3) is 0 Å². The van der Waals surface area contributed by atoms with Crippen molar-refractivity contribution in [3.63, 3.8) is 0 Å². The fourth-order valence-electron chi connectivity index (χ4n) is 1.74. The third-order valence-corrected chi connectivity index (χ3v) is 3.43. The van der Waals surface area contributed by atoms with Gasteiger partial charge in [-0.2, -0.15) is 0 Å². The van der Waals surface area contributed by atoms with Crippen LogP contribution in [-0.4, -0.2) is 59.6 Å². The van der Waals surface area contributed by atoms with Crippen molar-refractivity contribution in [2.75, 3.05) is 33.2 Å². The number of nitrogens with zero attached hydrogens (tertiary/aromatic N) is 2. The number of likely N-dealkylation sites (N-methyl/N-ethyl adjacent to an activating group) is 1. The average Bonchev–Trinajstić information content (AvgIpc) is 2.66. The molecule has 88 valence electrons. The number of carbonyl (C=O) groups is 1. The number of hydrogen-bond acceptors (Lipinski definition) is 3. The monoisotopic (exact) mass is 214 g/mol. The van der Waals surface area contributed by atoms with Crippen molar-refractivity contribution in [3.05, 3.63) is 0 Å². The summed E-state index contributed by atoms with van der Waals surface area (Å²) < 4.78 is 0. The van der Waals surface area contributed by atoms with Gasteiger partial charge in [-0.3, -0.25) is 9.69 Å². The smallest absolute Gasteiger partial charge is 0.323 e. The minimum Gasteiger partial charge on any atom is -0.480 e. The van der Waals surface area contributed by atoms with Crippen LogP contribution in [0.4, 0.5) is 0 Å². The quantitative estimate of drug-likeness (QED) is 0.738. The largest absolute Gasteiger partial charge is 0.480 e. The second-order valence-electron chi connectivity index (χ2n) is 4.83. The standard InChI is InChI=1S/C11H22N2O2/c1-11(2,10(14)15)12(3)8-9-13-6-4-5-7-13/h4-9H2,1-3H3,(H,14,15). The number of likely N-dealkylation sites (tertiary alicyclic amines) is 1. The highest BCUT2D eigenvalue weighted by Gasteiger charge is 2.31. The summed E-state index contributed by atoms with van der Waals surface area (Å²) in [5.74, 6) is -0.758. The van der Waals surface area contributed by atoms with Crippen molar-refractivity contribution in [1.29, 1.82) is 0 Å². The van der Waals surface area contributed by atoms with Gasteiger partial charge in [-0.25, -0.2) is 0 Å². The van der Waals surface area contributed by atoms with Gasteiger partial charge in [0.05, 0.1) is 0 Å². The molecule has 0 bridgehead atoms. The lowest BCUT2D eigenvalue weighted by atomic mass is 10.0. The van der Waals surface area contributed by atoms with Crippen LogP contribution >= 0.6 is 0 Å². The van der Waals surface area contributed by atoms with E-state index in [2.05, 4.69) is 4.90 Å². The zero-order valence-corrected chi connectivity index (χ0v) is 9.99. The van der Waals surface area contributed by atoms with Crippen LogP contribution < -0.4 is 0 Å². The van der Waals surface area contributed by atoms with Gasteiger partial charge in [0.1, 0.15) is 5.54 Å². The maximum atomic E-state index is 11.0. The molecule has 0 unspecified atom stereocenters. The van der Waals surface area contributed by atoms with Gasteiger partial charge in [-0.1, -0.05) is 0 Å². The Labute approximate surface area is 91.9 Å². The molecule has 4 heteroatoms. The number of aliphatic carboxylic acids is 1. The zero-order valence-electron chi connectivity index (χ0n) is 9.99. The van der Waals surface area contributed by atoms with Crippen LogP contribution in [0.2, 0.25) is 0 Å². The molecule has 4 nitrogen and oxygen atoms in total. The van der Waals surface area contributed by atoms with Gasteiger partial charge in [-0.15, -0.1) is 0 Å². The first-order valence-corrected chi connectivity index (χ1v) is 5.61. The van der Waals surface area contributed by atoms with Crippen molar-refractivity contribution in [2.45, 2.75) is 32.2 Å². The molecule has 1 aliphatic heterocycles. The Balaban J connectivity index is 2.34. The number of rotatable bonds is 5. The lowest BCUT2D eigenvalue weighted by Gasteiger charge is -2.32. The van der Waals surface area contributed by atoms with Crippen LogP contribution in [0, 0.1) is 0 Å². The van der Waals surface area contributed by atoms with Gasteiger partial charge in [0.2, 0.25) is 0 Å². The number of carboxylic acid groups (broad SMARTS) is 1. The van der Waals surface area contributed by atoms with Crippen molar-refractivity contribution >= 4 is 5.97 Å². The average molecular weight is 214 g/mol. The number of carboxylic acids is 1. The highest BCUT2D eigenvalue weighted by molar-refractivity contribution is 5.77. The predicted molar refractivity (Wildman–Crippen MR) is 60.0 cm³/mol. The van der Waals surface area contributed by atoms with Crippen molar-refractivity contribution in [1.82, 2.24) is 9.80 Å². The normalized spacial score (nSPS) is 18.7. The third-order valence-electron chi connectivity index (χ3n) is 3.43. The van der Waals surface area contributed by atoms with E-state index in [4.69, 9.17) is 5.11 Å². The molecular formula is C11H22N2O2. The summed E-state index contributed by atoms with van der Waals surface area (Å²) in [6, 6.07) is 0. The second kappa shape index (κ2) is 4.94. The minimum atomic E-state index is -0.764. The topological polar surface area (TPSA) is 43.8 Å². The van der Waals surface area contributed by atoms with Crippen molar-refractivity contribution < 1.29 is 9.90 Å². The van der Waals surface area contributed by atoms with E-state index in [1.165, 1.54) is 25.9 Å². The summed E-state index contributed by atoms with van der Waals surface area (Å²) >= 11 is 0. The molecule has 0 aromatic rings. The summed E-state index contributed by atoms with van der Waals surface area (Å²) in [6.45, 7) is 7.63. The van der Waals surface area contributed by atoms with Gasteiger partial charge >= 0.3 is 5.97 Å². The van der Waals surface area contributed by atoms with Crippen LogP contribution in [0.5, 0.6) is 0 Å². The summed E-state index contributed by atoms with van der Waals surface area (Å²) in [5, 5.41) is 9.05. The van der Waals surface area contributed by atoms with Gasteiger partial charge in [0, 0.05) is 13.1 Å². The molecule has 1 saturated heterocycles. The Hall–Kier alpha value is -0.610. The Morgan fingerprint density at radius 2 is 1.93 bits per heavy atom. The van der Waals surface area contributed by atoms with Gasteiger partial charge in [0.15, 0.2) is 0 Å². The van der Waals surface area contributed by atoms with Gasteiger partial charge < -0.3 is 10.0 Å². The highest BCUT2D eigenvalue weighted by atomic mass is 16.4. The molecule has 0 aliphatic carbocycles. The molecule has 0 aromatic heterocycles. The minimum absolute atomic E-state index is 0.758. The molecular weight excluding hydrogens is 192 g/mol. The van der Waals surface area contributed by atoms with Crippen LogP contribution in [0.15, 0.2) is 0 Å². The highest BCUT2D eigenvalue weighted by Crippen LogP contribution is 2.13. The van der Waals surface area contributed by atoms with Gasteiger partial charge in [-0.05, 0) is 46.8 Å². The summed E-state index contributed by atoms with van der Waals surface area (Å²) in [5.41, 5.74) is -0.764. The maximum absolute atomic E-state index is 11.0. The number of hydrogen-bond donors (Lipinski definition) is 1. The Bertz CT molecular complexity index is 223. The Morgan fingerprint density at radius 3 is 2.40 bits per heavy atom. The van der Waals surface area contributed by atoms with E-state index in [0.717, 1.165) is 13.1 Å². The van der Waals surface area contributed by atoms with E-state index in [0.29, 0.717) is 0 Å². The van der Waals surface area contributed by atoms with Crippen LogP contribution in [0.25, 0.3) is 0 Å². The first-order chi connectivity index (χ1) is 6.94. The van der Waals surface area contributed by atoms with Crippen molar-refractivity contribution in [3.8, 4) is 0 Å². The molecule has 0 radical (unpaired) electrons. The third kappa shape index (κ3) is 3.18. The Morgan fingerprint density at radius 1 is 1.40 bits per heavy atom. The molecule has 1 heterocycles. The summed E-state index contributed by atoms with van der Waals surface area (Å²) in [6.07, 6.45) is 2.57. The molecule has 0 aromatic carbocycles. The predicted octanol–water partition coefficient (Wildman–Crippen LogP) is 0.877. The van der Waals surface area contributed by atoms with Crippen LogP contribution in [0.1, 0.15) is 26.7 Å². The molecule has 0 spiro atoms. The fraction of sp³-hybridized carbons (Fsp3) is 0.909. The maximum Gasteiger partial charge on any atom is 0.323 e. The van der Waals surface area contributed by atoms with E-state index in [9.17, 15) is 4.79 Å². The molecule has 1 N–H and O–H groups in total. The van der Waals surface area contributed by atoms with E-state index in [-0.39, 0.29) is 0 Å². The molecule has 0 saturated carbocycles. The van der Waals surface area contributed by atoms with Crippen LogP contribution in [-0.2, 0) is 4.79 Å². The van der Waals surface area contributed by atoms with E-state index < -0.39 is 11.5 Å². The molecule has 0 atom stereocenters. The molecule has 15 heavy (non-hydrogen) atoms. The van der Waals surface area contributed by atoms with Crippen molar-refractivity contribution in [2.24, 2.45) is 0 Å². The molecule has 1 aliphatic rings. The first kappa shape index (κ1) is 12.5. The summed E-state index contributed by atoms with van der Waals surface area (Å²) in [4.78, 5) is 15.3. The molecule has 1 rings (SSSR count). The SMILES string of the molecule is CN(CCN1CCCC1)C(C)(C)C(=O)O. The molecule has 1 fully saturated rings. The summed E-state index contributed by atoms with van der Waals surface area (Å²) in [7, 11) is 1.88. The first-order valence-electron chi connectivity index (χ1n) is 5.61. The Kier molecular flexibility index (Phi) is 4.11. The zero-order chi connectivity index (χ0) is 11.5. The van der Waals surface area contributed by atoms with E-state index in [1.54, 1.807) is 13.8 Å². The van der Waals surface area contributed by atoms with E-state index >= 15 is 0 Å². The lowest BCUT2D eigenvalue weighted by Crippen LogP contribution is -2.50. The fourth-order valence-corrected chi connectivity index (χ4v) is 1.74.